The van der Waals surface area contributed by atoms with Gasteiger partial charge in [0, 0.05) is 43.1 Å². The molecule has 118 valence electrons. The van der Waals surface area contributed by atoms with Gasteiger partial charge in [-0.3, -0.25) is 0 Å². The first kappa shape index (κ1) is 15.4. The number of nitrogens with one attached hydrogen (secondary N) is 1. The summed E-state index contributed by atoms with van der Waals surface area (Å²) in [5, 5.41) is 5.29. The molecule has 2 heterocycles. The van der Waals surface area contributed by atoms with E-state index in [9.17, 15) is 8.42 Å². The van der Waals surface area contributed by atoms with Crippen LogP contribution in [0.4, 0.5) is 0 Å². The lowest BCUT2D eigenvalue weighted by Gasteiger charge is -2.36. The Labute approximate surface area is 131 Å². The number of likely N-dealkylation sites (N-methyl/N-ethyl adjacent to an activating group) is 1. The van der Waals surface area contributed by atoms with Crippen LogP contribution in [0.15, 0.2) is 16.3 Å². The Morgan fingerprint density at radius 3 is 2.81 bits per heavy atom. The fraction of sp³-hybridized carbons (Fsp3) is 0.714. The summed E-state index contributed by atoms with van der Waals surface area (Å²) in [5.41, 5.74) is 0. The van der Waals surface area contributed by atoms with E-state index in [2.05, 4.69) is 17.1 Å². The average Bonchev–Trinajstić information content (AvgIpc) is 3.15. The maximum Gasteiger partial charge on any atom is 0.244 e. The van der Waals surface area contributed by atoms with Crippen LogP contribution in [0.1, 0.15) is 24.6 Å². The summed E-state index contributed by atoms with van der Waals surface area (Å²) in [5.74, 6) is 0. The van der Waals surface area contributed by atoms with Crippen LogP contribution in [0.3, 0.4) is 0 Å². The van der Waals surface area contributed by atoms with Crippen LogP contribution in [-0.4, -0.2) is 56.4 Å². The van der Waals surface area contributed by atoms with E-state index in [1.165, 1.54) is 24.2 Å². The highest BCUT2D eigenvalue weighted by Crippen LogP contribution is 2.28. The number of rotatable bonds is 5. The monoisotopic (exact) mass is 329 g/mol. The SMILES string of the molecule is CC1CN(S(=O)(=O)c2ccsc2CNC2CC2)CCN1C. The van der Waals surface area contributed by atoms with Gasteiger partial charge in [0.25, 0.3) is 0 Å². The molecule has 1 aromatic heterocycles. The maximum atomic E-state index is 12.9. The van der Waals surface area contributed by atoms with Crippen LogP contribution >= 0.6 is 11.3 Å². The van der Waals surface area contributed by atoms with Gasteiger partial charge in [0.1, 0.15) is 0 Å². The minimum absolute atomic E-state index is 0.264. The van der Waals surface area contributed by atoms with Crippen molar-refractivity contribution in [3.63, 3.8) is 0 Å². The molecule has 1 aliphatic carbocycles. The summed E-state index contributed by atoms with van der Waals surface area (Å²) in [6.07, 6.45) is 2.42. The van der Waals surface area contributed by atoms with Gasteiger partial charge < -0.3 is 10.2 Å². The second-order valence-electron chi connectivity index (χ2n) is 6.06. The Hall–Kier alpha value is -0.470. The molecular formula is C14H23N3O2S2. The van der Waals surface area contributed by atoms with Crippen LogP contribution in [-0.2, 0) is 16.6 Å². The molecule has 1 aromatic rings. The van der Waals surface area contributed by atoms with Gasteiger partial charge in [-0.1, -0.05) is 0 Å². The summed E-state index contributed by atoms with van der Waals surface area (Å²) in [7, 11) is -1.31. The van der Waals surface area contributed by atoms with Gasteiger partial charge in [-0.05, 0) is 38.3 Å². The second kappa shape index (κ2) is 5.96. The maximum absolute atomic E-state index is 12.9. The van der Waals surface area contributed by atoms with Gasteiger partial charge in [-0.25, -0.2) is 8.42 Å². The Bertz CT molecular complexity index is 595. The molecule has 0 spiro atoms. The number of nitrogens with zero attached hydrogens (tertiary/aromatic N) is 2. The van der Waals surface area contributed by atoms with Gasteiger partial charge >= 0.3 is 0 Å². The summed E-state index contributed by atoms with van der Waals surface area (Å²) in [6, 6.07) is 2.61. The lowest BCUT2D eigenvalue weighted by Crippen LogP contribution is -2.51. The van der Waals surface area contributed by atoms with E-state index in [-0.39, 0.29) is 6.04 Å². The highest BCUT2D eigenvalue weighted by Gasteiger charge is 2.33. The first-order chi connectivity index (χ1) is 9.98. The highest BCUT2D eigenvalue weighted by atomic mass is 32.2. The molecule has 1 unspecified atom stereocenters. The van der Waals surface area contributed by atoms with Crippen molar-refractivity contribution < 1.29 is 8.42 Å². The molecule has 1 atom stereocenters. The first-order valence-electron chi connectivity index (χ1n) is 7.48. The second-order valence-corrected chi connectivity index (χ2v) is 8.96. The zero-order valence-corrected chi connectivity index (χ0v) is 14.2. The van der Waals surface area contributed by atoms with Crippen molar-refractivity contribution in [2.75, 3.05) is 26.7 Å². The summed E-state index contributed by atoms with van der Waals surface area (Å²) in [6.45, 7) is 4.68. The van der Waals surface area contributed by atoms with Crippen molar-refractivity contribution in [2.24, 2.45) is 0 Å². The van der Waals surface area contributed by atoms with Crippen LogP contribution in [0, 0.1) is 0 Å². The fourth-order valence-corrected chi connectivity index (χ4v) is 5.46. The topological polar surface area (TPSA) is 52.7 Å². The molecule has 2 fully saturated rings. The van der Waals surface area contributed by atoms with Gasteiger partial charge in [0.15, 0.2) is 0 Å². The van der Waals surface area contributed by atoms with Crippen molar-refractivity contribution in [1.29, 1.82) is 0 Å². The normalized spacial score (nSPS) is 25.3. The summed E-state index contributed by atoms with van der Waals surface area (Å²) < 4.78 is 27.4. The van der Waals surface area contributed by atoms with Crippen molar-refractivity contribution in [3.05, 3.63) is 16.3 Å². The average molecular weight is 329 g/mol. The predicted molar refractivity (Wildman–Crippen MR) is 85.0 cm³/mol. The molecular weight excluding hydrogens is 306 g/mol. The van der Waals surface area contributed by atoms with E-state index < -0.39 is 10.0 Å². The smallest absolute Gasteiger partial charge is 0.244 e. The van der Waals surface area contributed by atoms with E-state index in [0.29, 0.717) is 30.6 Å². The van der Waals surface area contributed by atoms with Crippen molar-refractivity contribution >= 4 is 21.4 Å². The minimum Gasteiger partial charge on any atom is -0.309 e. The summed E-state index contributed by atoms with van der Waals surface area (Å²) >= 11 is 1.53. The molecule has 2 aliphatic rings. The predicted octanol–water partition coefficient (Wildman–Crippen LogP) is 1.32. The Balaban J connectivity index is 1.76. The zero-order chi connectivity index (χ0) is 15.0. The third kappa shape index (κ3) is 3.32. The molecule has 0 bridgehead atoms. The number of sulfonamides is 1. The van der Waals surface area contributed by atoms with E-state index in [1.54, 1.807) is 10.4 Å². The fourth-order valence-electron chi connectivity index (χ4n) is 2.58. The standard InChI is InChI=1S/C14H23N3O2S2/c1-11-10-17(7-6-16(11)2)21(18,19)14-5-8-20-13(14)9-15-12-3-4-12/h5,8,11-12,15H,3-4,6-7,9-10H2,1-2H3. The number of hydrogen-bond acceptors (Lipinski definition) is 5. The van der Waals surface area contributed by atoms with E-state index >= 15 is 0 Å². The number of thiophene rings is 1. The molecule has 7 heteroatoms. The number of piperazine rings is 1. The first-order valence-corrected chi connectivity index (χ1v) is 9.80. The lowest BCUT2D eigenvalue weighted by atomic mass is 10.2. The van der Waals surface area contributed by atoms with Gasteiger partial charge in [-0.15, -0.1) is 11.3 Å². The molecule has 1 saturated carbocycles. The van der Waals surface area contributed by atoms with Crippen LogP contribution in [0.2, 0.25) is 0 Å². The highest BCUT2D eigenvalue weighted by molar-refractivity contribution is 7.89. The van der Waals surface area contributed by atoms with Crippen molar-refractivity contribution in [3.8, 4) is 0 Å². The summed E-state index contributed by atoms with van der Waals surface area (Å²) in [4.78, 5) is 3.64. The number of hydrogen-bond donors (Lipinski definition) is 1. The molecule has 1 saturated heterocycles. The third-order valence-electron chi connectivity index (χ3n) is 4.37. The van der Waals surface area contributed by atoms with Gasteiger partial charge in [-0.2, -0.15) is 4.31 Å². The van der Waals surface area contributed by atoms with Gasteiger partial charge in [0.05, 0.1) is 4.90 Å². The van der Waals surface area contributed by atoms with Gasteiger partial charge in [0.2, 0.25) is 10.0 Å². The van der Waals surface area contributed by atoms with E-state index in [0.717, 1.165) is 11.4 Å². The van der Waals surface area contributed by atoms with Crippen molar-refractivity contribution in [1.82, 2.24) is 14.5 Å². The Morgan fingerprint density at radius 2 is 2.14 bits per heavy atom. The zero-order valence-electron chi connectivity index (χ0n) is 12.6. The van der Waals surface area contributed by atoms with Crippen molar-refractivity contribution in [2.45, 2.75) is 43.3 Å². The molecule has 0 amide bonds. The van der Waals surface area contributed by atoms with Crippen LogP contribution in [0.25, 0.3) is 0 Å². The molecule has 3 rings (SSSR count). The molecule has 0 aromatic carbocycles. The third-order valence-corrected chi connectivity index (χ3v) is 7.37. The van der Waals surface area contributed by atoms with Crippen LogP contribution in [0.5, 0.6) is 0 Å². The van der Waals surface area contributed by atoms with E-state index in [1.807, 2.05) is 12.4 Å². The quantitative estimate of drug-likeness (QED) is 0.885. The molecule has 5 nitrogen and oxygen atoms in total. The lowest BCUT2D eigenvalue weighted by molar-refractivity contribution is 0.159. The minimum atomic E-state index is -3.36. The Kier molecular flexibility index (Phi) is 4.38. The van der Waals surface area contributed by atoms with E-state index in [4.69, 9.17) is 0 Å². The molecule has 0 radical (unpaired) electrons. The van der Waals surface area contributed by atoms with Crippen LogP contribution < -0.4 is 5.32 Å². The molecule has 21 heavy (non-hydrogen) atoms. The largest absolute Gasteiger partial charge is 0.309 e. The molecule has 1 N–H and O–H groups in total. The Morgan fingerprint density at radius 1 is 1.38 bits per heavy atom. The molecule has 1 aliphatic heterocycles.